The lowest BCUT2D eigenvalue weighted by Gasteiger charge is -2.28. The molecule has 1 atom stereocenters. The van der Waals surface area contributed by atoms with Crippen LogP contribution in [0.25, 0.3) is 0 Å². The average molecular weight is 372 g/mol. The first-order valence-electron chi connectivity index (χ1n) is 8.67. The van der Waals surface area contributed by atoms with Crippen molar-refractivity contribution in [3.05, 3.63) is 70.2 Å². The van der Waals surface area contributed by atoms with E-state index in [0.717, 1.165) is 11.1 Å². The molecule has 0 radical (unpaired) electrons. The second-order valence-corrected chi connectivity index (χ2v) is 8.18. The predicted molar refractivity (Wildman–Crippen MR) is 108 cm³/mol. The van der Waals surface area contributed by atoms with Gasteiger partial charge in [-0.25, -0.2) is 4.79 Å². The van der Waals surface area contributed by atoms with E-state index in [0.29, 0.717) is 11.4 Å². The molecule has 0 aliphatic carbocycles. The Bertz CT molecular complexity index is 773. The molecule has 0 amide bonds. The zero-order valence-electron chi connectivity index (χ0n) is 16.0. The minimum absolute atomic E-state index is 0.337. The van der Waals surface area contributed by atoms with Crippen molar-refractivity contribution in [3.63, 3.8) is 0 Å². The van der Waals surface area contributed by atoms with Crippen molar-refractivity contribution in [1.29, 1.82) is 0 Å². The summed E-state index contributed by atoms with van der Waals surface area (Å²) >= 11 is 5.93. The Morgan fingerprint density at radius 3 is 2.15 bits per heavy atom. The number of esters is 1. The van der Waals surface area contributed by atoms with E-state index in [1.807, 2.05) is 71.0 Å². The van der Waals surface area contributed by atoms with Crippen LogP contribution in [0.1, 0.15) is 44.4 Å². The van der Waals surface area contributed by atoms with Gasteiger partial charge in [-0.05, 0) is 57.9 Å². The van der Waals surface area contributed by atoms with E-state index in [1.165, 1.54) is 5.56 Å². The molecule has 0 saturated carbocycles. The molecule has 26 heavy (non-hydrogen) atoms. The number of halogens is 1. The highest BCUT2D eigenvalue weighted by molar-refractivity contribution is 6.30. The van der Waals surface area contributed by atoms with Crippen molar-refractivity contribution in [3.8, 4) is 0 Å². The number of benzene rings is 2. The summed E-state index contributed by atoms with van der Waals surface area (Å²) in [5.74, 6) is -0.337. The molecule has 0 aromatic heterocycles. The minimum atomic E-state index is -1.01. The van der Waals surface area contributed by atoms with Gasteiger partial charge in [-0.1, -0.05) is 53.6 Å². The summed E-state index contributed by atoms with van der Waals surface area (Å²) in [5.41, 5.74) is 1.52. The Balaban J connectivity index is 2.31. The van der Waals surface area contributed by atoms with E-state index in [2.05, 4.69) is 4.99 Å². The van der Waals surface area contributed by atoms with Crippen LogP contribution in [0.3, 0.4) is 0 Å². The molecule has 2 rings (SSSR count). The van der Waals surface area contributed by atoms with Crippen molar-refractivity contribution in [2.75, 3.05) is 0 Å². The van der Waals surface area contributed by atoms with E-state index >= 15 is 0 Å². The fraction of sp³-hybridized carbons (Fsp3) is 0.364. The third-order valence-electron chi connectivity index (χ3n) is 3.88. The molecule has 0 unspecified atom stereocenters. The van der Waals surface area contributed by atoms with Gasteiger partial charge in [0.25, 0.3) is 0 Å². The number of aliphatic imine (C=N–C) groups is 1. The van der Waals surface area contributed by atoms with E-state index in [9.17, 15) is 4.79 Å². The summed E-state index contributed by atoms with van der Waals surface area (Å²) in [4.78, 5) is 17.5. The lowest BCUT2D eigenvalue weighted by Crippen LogP contribution is -2.41. The van der Waals surface area contributed by atoms with Crippen LogP contribution >= 0.6 is 11.6 Å². The summed E-state index contributed by atoms with van der Waals surface area (Å²) in [6, 6.07) is 15.5. The Labute approximate surface area is 161 Å². The molecule has 4 heteroatoms. The third-order valence-corrected chi connectivity index (χ3v) is 4.13. The van der Waals surface area contributed by atoms with Gasteiger partial charge in [0.2, 0.25) is 0 Å². The van der Waals surface area contributed by atoms with Gasteiger partial charge in [-0.15, -0.1) is 0 Å². The van der Waals surface area contributed by atoms with Crippen LogP contribution in [-0.4, -0.2) is 23.3 Å². The van der Waals surface area contributed by atoms with Crippen molar-refractivity contribution >= 4 is 23.8 Å². The largest absolute Gasteiger partial charge is 0.458 e. The molecule has 138 valence electrons. The average Bonchev–Trinajstić information content (AvgIpc) is 2.55. The highest BCUT2D eigenvalue weighted by Crippen LogP contribution is 2.23. The van der Waals surface area contributed by atoms with Gasteiger partial charge in [0.05, 0.1) is 0 Å². The van der Waals surface area contributed by atoms with E-state index < -0.39 is 11.1 Å². The van der Waals surface area contributed by atoms with Crippen LogP contribution in [0.15, 0.2) is 53.5 Å². The lowest BCUT2D eigenvalue weighted by atomic mass is 9.92. The van der Waals surface area contributed by atoms with Gasteiger partial charge < -0.3 is 4.74 Å². The molecule has 0 spiro atoms. The van der Waals surface area contributed by atoms with Gasteiger partial charge >= 0.3 is 5.97 Å². The molecule has 0 bridgehead atoms. The number of aryl methyl sites for hydroxylation is 1. The second-order valence-electron chi connectivity index (χ2n) is 7.75. The molecular formula is C22H26ClNO2. The molecule has 0 aliphatic rings. The number of nitrogens with zero attached hydrogens (tertiary/aromatic N) is 1. The van der Waals surface area contributed by atoms with Crippen molar-refractivity contribution in [1.82, 2.24) is 0 Å². The Morgan fingerprint density at radius 2 is 1.62 bits per heavy atom. The number of hydrogen-bond acceptors (Lipinski definition) is 3. The third kappa shape index (κ3) is 5.99. The van der Waals surface area contributed by atoms with Gasteiger partial charge in [-0.3, -0.25) is 4.99 Å². The first-order valence-corrected chi connectivity index (χ1v) is 9.05. The predicted octanol–water partition coefficient (Wildman–Crippen LogP) is 5.41. The first kappa shape index (κ1) is 20.2. The van der Waals surface area contributed by atoms with Gasteiger partial charge in [0.1, 0.15) is 5.60 Å². The molecular weight excluding hydrogens is 346 g/mol. The van der Waals surface area contributed by atoms with E-state index in [4.69, 9.17) is 16.3 Å². The summed E-state index contributed by atoms with van der Waals surface area (Å²) in [6.07, 6.45) is 2.17. The molecule has 0 aliphatic heterocycles. The minimum Gasteiger partial charge on any atom is -0.458 e. The fourth-order valence-corrected chi connectivity index (χ4v) is 2.55. The molecule has 2 aromatic rings. The van der Waals surface area contributed by atoms with Crippen LogP contribution < -0.4 is 0 Å². The zero-order valence-corrected chi connectivity index (χ0v) is 16.8. The molecule has 0 fully saturated rings. The summed E-state index contributed by atoms with van der Waals surface area (Å²) in [5, 5.41) is 0.664. The highest BCUT2D eigenvalue weighted by atomic mass is 35.5. The number of carbonyl (C=O) groups excluding carboxylic acids is 1. The molecule has 2 aromatic carbocycles. The standard InChI is InChI=1S/C22H26ClNO2/c1-16-6-8-17(9-7-16)14-22(5,20(25)26-21(2,3)4)24-15-18-10-12-19(23)13-11-18/h6-13,15H,14H2,1-5H3/t22-/m0/s1. The Kier molecular flexibility index (Phi) is 6.25. The topological polar surface area (TPSA) is 38.7 Å². The molecule has 0 heterocycles. The second kappa shape index (κ2) is 8.05. The Morgan fingerprint density at radius 1 is 1.04 bits per heavy atom. The van der Waals surface area contributed by atoms with Crippen LogP contribution in [-0.2, 0) is 16.0 Å². The van der Waals surface area contributed by atoms with Gasteiger partial charge in [0, 0.05) is 17.7 Å². The summed E-state index contributed by atoms with van der Waals surface area (Å²) in [6.45, 7) is 9.43. The van der Waals surface area contributed by atoms with Crippen LogP contribution in [0.5, 0.6) is 0 Å². The summed E-state index contributed by atoms with van der Waals surface area (Å²) in [7, 11) is 0. The molecule has 0 saturated heterocycles. The van der Waals surface area contributed by atoms with Crippen molar-refractivity contribution < 1.29 is 9.53 Å². The zero-order chi connectivity index (χ0) is 19.4. The van der Waals surface area contributed by atoms with Gasteiger partial charge in [0.15, 0.2) is 5.54 Å². The maximum Gasteiger partial charge on any atom is 0.334 e. The summed E-state index contributed by atoms with van der Waals surface area (Å²) < 4.78 is 5.63. The Hall–Kier alpha value is -2.13. The normalized spacial score (nSPS) is 14.2. The van der Waals surface area contributed by atoms with Crippen LogP contribution in [0.2, 0.25) is 5.02 Å². The maximum atomic E-state index is 12.9. The number of hydrogen-bond donors (Lipinski definition) is 0. The van der Waals surface area contributed by atoms with E-state index in [-0.39, 0.29) is 5.97 Å². The van der Waals surface area contributed by atoms with Crippen LogP contribution in [0, 0.1) is 6.92 Å². The lowest BCUT2D eigenvalue weighted by molar-refractivity contribution is -0.160. The van der Waals surface area contributed by atoms with Crippen molar-refractivity contribution in [2.45, 2.75) is 52.2 Å². The highest BCUT2D eigenvalue weighted by Gasteiger charge is 2.36. The number of carbonyl (C=O) groups is 1. The molecule has 3 nitrogen and oxygen atoms in total. The SMILES string of the molecule is Cc1ccc(C[C@](C)(N=Cc2ccc(Cl)cc2)C(=O)OC(C)(C)C)cc1. The quantitative estimate of drug-likeness (QED) is 0.520. The van der Waals surface area contributed by atoms with Crippen LogP contribution in [0.4, 0.5) is 0 Å². The maximum absolute atomic E-state index is 12.9. The smallest absolute Gasteiger partial charge is 0.334 e. The monoisotopic (exact) mass is 371 g/mol. The fourth-order valence-electron chi connectivity index (χ4n) is 2.43. The number of ether oxygens (including phenoxy) is 1. The first-order chi connectivity index (χ1) is 12.1. The molecule has 0 N–H and O–H groups in total. The van der Waals surface area contributed by atoms with Crippen molar-refractivity contribution in [2.24, 2.45) is 4.99 Å². The van der Waals surface area contributed by atoms with E-state index in [1.54, 1.807) is 18.3 Å². The number of rotatable bonds is 5. The van der Waals surface area contributed by atoms with Gasteiger partial charge in [-0.2, -0.15) is 0 Å².